The molecule has 8 atom stereocenters. The van der Waals surface area contributed by atoms with Crippen molar-refractivity contribution < 1.29 is 19.4 Å². The number of hydrogen-bond donors (Lipinski definition) is 4. The molecule has 4 aliphatic carbocycles. The van der Waals surface area contributed by atoms with E-state index in [-0.39, 0.29) is 23.4 Å². The third-order valence-corrected chi connectivity index (χ3v) is 10.9. The number of hydrogen-bond acceptors (Lipinski definition) is 5. The van der Waals surface area contributed by atoms with Crippen molar-refractivity contribution in [1.82, 2.24) is 0 Å². The quantitative estimate of drug-likeness (QED) is 0.284. The van der Waals surface area contributed by atoms with Gasteiger partial charge in [0, 0.05) is 24.1 Å². The van der Waals surface area contributed by atoms with Gasteiger partial charge in [-0.05, 0) is 93.4 Å². The predicted octanol–water partition coefficient (Wildman–Crippen LogP) is 3.67. The van der Waals surface area contributed by atoms with Crippen molar-refractivity contribution in [3.05, 3.63) is 24.2 Å². The largest absolute Gasteiger partial charge is 0.472 e. The maximum absolute atomic E-state index is 12.4. The molecule has 0 spiro atoms. The van der Waals surface area contributed by atoms with Crippen molar-refractivity contribution >= 4 is 5.96 Å². The summed E-state index contributed by atoms with van der Waals surface area (Å²) in [6.45, 7) is 5.87. The highest BCUT2D eigenvalue weighted by Gasteiger charge is 2.72. The second kappa shape index (κ2) is 8.52. The van der Waals surface area contributed by atoms with Gasteiger partial charge in [0.25, 0.3) is 0 Å². The molecule has 5 rings (SSSR count). The number of nitrogens with two attached hydrogens (primary N) is 2. The number of guanidine groups is 1. The number of ether oxygens (including phenoxy) is 1. The Labute approximate surface area is 203 Å². The Kier molecular flexibility index (Phi) is 6.05. The summed E-state index contributed by atoms with van der Waals surface area (Å²) in [5.41, 5.74) is 9.36. The van der Waals surface area contributed by atoms with Crippen LogP contribution in [-0.4, -0.2) is 41.0 Å². The summed E-state index contributed by atoms with van der Waals surface area (Å²) >= 11 is 0. The normalized spacial score (nSPS) is 45.8. The lowest BCUT2D eigenvalue weighted by atomic mass is 9.42. The minimum Gasteiger partial charge on any atom is -0.472 e. The summed E-state index contributed by atoms with van der Waals surface area (Å²) in [4.78, 5) is 4.05. The molecule has 1 heterocycles. The average Bonchev–Trinajstić information content (AvgIpc) is 3.40. The lowest BCUT2D eigenvalue weighted by Crippen LogP contribution is -2.64. The number of fused-ring (bicyclic) bond motifs is 5. The van der Waals surface area contributed by atoms with E-state index in [1.54, 1.807) is 12.5 Å². The topological polar surface area (TPSA) is 127 Å². The first-order valence-corrected chi connectivity index (χ1v) is 13.3. The van der Waals surface area contributed by atoms with E-state index in [0.717, 1.165) is 50.5 Å². The van der Waals surface area contributed by atoms with Crippen molar-refractivity contribution in [2.24, 2.45) is 45.0 Å². The van der Waals surface area contributed by atoms with E-state index in [9.17, 15) is 10.2 Å². The zero-order chi connectivity index (χ0) is 24.2. The van der Waals surface area contributed by atoms with Crippen LogP contribution in [0.1, 0.15) is 83.6 Å². The number of aliphatic hydroxyl groups is 2. The average molecular weight is 474 g/mol. The van der Waals surface area contributed by atoms with Crippen LogP contribution < -0.4 is 11.5 Å². The molecule has 0 bridgehead atoms. The Bertz CT molecular complexity index is 902. The van der Waals surface area contributed by atoms with Crippen LogP contribution in [0, 0.1) is 28.6 Å². The lowest BCUT2D eigenvalue weighted by molar-refractivity contribution is -0.240. The highest BCUT2D eigenvalue weighted by atomic mass is 16.5. The Morgan fingerprint density at radius 1 is 1.09 bits per heavy atom. The van der Waals surface area contributed by atoms with E-state index in [0.29, 0.717) is 37.8 Å². The maximum Gasteiger partial charge on any atom is 0.185 e. The third-order valence-electron chi connectivity index (χ3n) is 10.9. The SMILES string of the molecule is C[C@]12C[C@H](OCCCN=C(N)N)CC[C@H]1CC[C@@H]1[C@@H]2CC[C@]2(C)[C@@](O)(c3ccoc3)CC[C@]12O. The smallest absolute Gasteiger partial charge is 0.185 e. The third kappa shape index (κ3) is 3.45. The molecule has 4 fully saturated rings. The van der Waals surface area contributed by atoms with Crippen molar-refractivity contribution in [1.29, 1.82) is 0 Å². The Morgan fingerprint density at radius 2 is 1.88 bits per heavy atom. The zero-order valence-electron chi connectivity index (χ0n) is 20.8. The zero-order valence-corrected chi connectivity index (χ0v) is 20.8. The van der Waals surface area contributed by atoms with Crippen LogP contribution in [0.3, 0.4) is 0 Å². The molecule has 34 heavy (non-hydrogen) atoms. The summed E-state index contributed by atoms with van der Waals surface area (Å²) in [5, 5.41) is 24.3. The van der Waals surface area contributed by atoms with Gasteiger partial charge in [-0.25, -0.2) is 0 Å². The fourth-order valence-corrected chi connectivity index (χ4v) is 8.92. The molecule has 1 aromatic heterocycles. The minimum atomic E-state index is -1.04. The van der Waals surface area contributed by atoms with Crippen LogP contribution in [0.2, 0.25) is 0 Å². The Hall–Kier alpha value is -1.57. The van der Waals surface area contributed by atoms with E-state index in [2.05, 4.69) is 18.8 Å². The van der Waals surface area contributed by atoms with E-state index >= 15 is 0 Å². The second-order valence-corrected chi connectivity index (χ2v) is 12.1. The summed E-state index contributed by atoms with van der Waals surface area (Å²) < 4.78 is 11.6. The highest BCUT2D eigenvalue weighted by molar-refractivity contribution is 5.75. The predicted molar refractivity (Wildman–Crippen MR) is 131 cm³/mol. The molecule has 0 unspecified atom stereocenters. The molecular formula is C27H43N3O4. The highest BCUT2D eigenvalue weighted by Crippen LogP contribution is 2.71. The van der Waals surface area contributed by atoms with Crippen LogP contribution >= 0.6 is 0 Å². The summed E-state index contributed by atoms with van der Waals surface area (Å²) in [7, 11) is 0. The van der Waals surface area contributed by atoms with Crippen LogP contribution in [-0.2, 0) is 10.3 Å². The van der Waals surface area contributed by atoms with Crippen molar-refractivity contribution in [2.75, 3.05) is 13.2 Å². The molecule has 0 aliphatic heterocycles. The molecule has 4 aliphatic rings. The maximum atomic E-state index is 12.4. The van der Waals surface area contributed by atoms with E-state index in [4.69, 9.17) is 20.6 Å². The fraction of sp³-hybridized carbons (Fsp3) is 0.815. The van der Waals surface area contributed by atoms with Gasteiger partial charge in [0.2, 0.25) is 0 Å². The van der Waals surface area contributed by atoms with E-state index < -0.39 is 16.6 Å². The molecule has 190 valence electrons. The summed E-state index contributed by atoms with van der Waals surface area (Å²) in [5.74, 6) is 1.51. The van der Waals surface area contributed by atoms with Gasteiger partial charge in [-0.2, -0.15) is 0 Å². The molecule has 7 heteroatoms. The van der Waals surface area contributed by atoms with Crippen LogP contribution in [0.25, 0.3) is 0 Å². The molecule has 6 N–H and O–H groups in total. The fourth-order valence-electron chi connectivity index (χ4n) is 8.92. The van der Waals surface area contributed by atoms with Gasteiger partial charge >= 0.3 is 0 Å². The standard InChI is InChI=1S/C27H43N3O4/c1-24-16-20(34-14-3-13-30-23(28)29)6-4-18(24)5-7-22-21(24)8-10-25(2)26(31,11-12-27(22,25)32)19-9-15-33-17-19/h9,15,17-18,20-22,31-32H,3-8,10-14,16H2,1-2H3,(H4,28,29,30)/t18-,20+,21-,22+,24-,25+,26-,27-/m0/s1. The number of nitrogens with zero attached hydrogens (tertiary/aromatic N) is 1. The van der Waals surface area contributed by atoms with E-state index in [1.807, 2.05) is 6.07 Å². The van der Waals surface area contributed by atoms with Crippen molar-refractivity contribution in [3.63, 3.8) is 0 Å². The molecule has 0 radical (unpaired) electrons. The molecule has 1 aromatic rings. The molecule has 4 saturated carbocycles. The molecule has 7 nitrogen and oxygen atoms in total. The van der Waals surface area contributed by atoms with Crippen LogP contribution in [0.15, 0.2) is 28.0 Å². The van der Waals surface area contributed by atoms with Crippen LogP contribution in [0.5, 0.6) is 0 Å². The van der Waals surface area contributed by atoms with Gasteiger partial charge in [-0.15, -0.1) is 0 Å². The number of rotatable bonds is 6. The Balaban J connectivity index is 1.33. The van der Waals surface area contributed by atoms with Gasteiger partial charge in [-0.3, -0.25) is 4.99 Å². The first kappa shape index (κ1) is 24.1. The summed E-state index contributed by atoms with van der Waals surface area (Å²) in [6, 6.07) is 1.87. The molecular weight excluding hydrogens is 430 g/mol. The first-order valence-electron chi connectivity index (χ1n) is 13.3. The summed E-state index contributed by atoms with van der Waals surface area (Å²) in [6.07, 6.45) is 13.1. The number of aliphatic imine (C=N–C) groups is 1. The molecule has 0 amide bonds. The molecule has 0 aromatic carbocycles. The number of furan rings is 1. The first-order chi connectivity index (χ1) is 16.1. The van der Waals surface area contributed by atoms with Gasteiger partial charge in [-0.1, -0.05) is 13.8 Å². The van der Waals surface area contributed by atoms with E-state index in [1.165, 1.54) is 6.42 Å². The van der Waals surface area contributed by atoms with Gasteiger partial charge in [0.15, 0.2) is 5.96 Å². The lowest BCUT2D eigenvalue weighted by Gasteiger charge is -2.64. The minimum absolute atomic E-state index is 0.134. The van der Waals surface area contributed by atoms with Crippen LogP contribution in [0.4, 0.5) is 0 Å². The van der Waals surface area contributed by atoms with Gasteiger partial charge in [0.1, 0.15) is 5.60 Å². The van der Waals surface area contributed by atoms with Gasteiger partial charge in [0.05, 0.1) is 24.2 Å². The monoisotopic (exact) mass is 473 g/mol. The van der Waals surface area contributed by atoms with Gasteiger partial charge < -0.3 is 30.8 Å². The second-order valence-electron chi connectivity index (χ2n) is 12.1. The van der Waals surface area contributed by atoms with Crippen molar-refractivity contribution in [3.8, 4) is 0 Å². The Morgan fingerprint density at radius 3 is 2.62 bits per heavy atom. The van der Waals surface area contributed by atoms with Crippen molar-refractivity contribution in [2.45, 2.75) is 95.4 Å². The molecule has 0 saturated heterocycles.